The Morgan fingerprint density at radius 2 is 1.92 bits per heavy atom. The lowest BCUT2D eigenvalue weighted by atomic mass is 10.2. The number of isothiocyanates is 1. The van der Waals surface area contributed by atoms with Crippen molar-refractivity contribution in [1.82, 2.24) is 4.98 Å². The van der Waals surface area contributed by atoms with Crippen LogP contribution in [0.15, 0.2) is 64.4 Å². The van der Waals surface area contributed by atoms with Crippen molar-refractivity contribution in [1.29, 1.82) is 0 Å². The Labute approximate surface area is 145 Å². The number of oxazole rings is 1. The van der Waals surface area contributed by atoms with Gasteiger partial charge in [-0.15, -0.1) is 0 Å². The number of ether oxygens (including phenoxy) is 1. The van der Waals surface area contributed by atoms with Gasteiger partial charge >= 0.3 is 0 Å². The molecule has 0 aliphatic rings. The maximum atomic E-state index is 5.86. The lowest BCUT2D eigenvalue weighted by Crippen LogP contribution is -2.33. The molecule has 3 rings (SSSR count). The first-order valence-electron chi connectivity index (χ1n) is 7.43. The molecule has 0 atom stereocenters. The number of aromatic nitrogens is 2. The quantitative estimate of drug-likeness (QED) is 0.393. The number of hydrogen-bond acceptors (Lipinski definition) is 5. The van der Waals surface area contributed by atoms with Gasteiger partial charge in [0.05, 0.1) is 18.5 Å². The zero-order valence-electron chi connectivity index (χ0n) is 13.2. The smallest absolute Gasteiger partial charge is 0.226 e. The predicted molar refractivity (Wildman–Crippen MR) is 94.0 cm³/mol. The van der Waals surface area contributed by atoms with E-state index in [0.717, 1.165) is 29.2 Å². The van der Waals surface area contributed by atoms with E-state index in [-0.39, 0.29) is 0 Å². The molecule has 1 aromatic carbocycles. The van der Waals surface area contributed by atoms with Crippen molar-refractivity contribution >= 4 is 17.4 Å². The second-order valence-corrected chi connectivity index (χ2v) is 5.24. The fourth-order valence-electron chi connectivity index (χ4n) is 2.26. The molecule has 0 saturated heterocycles. The minimum absolute atomic E-state index is 0.583. The van der Waals surface area contributed by atoms with Crippen molar-refractivity contribution in [2.24, 2.45) is 4.99 Å². The molecule has 3 aromatic rings. The van der Waals surface area contributed by atoms with Crippen molar-refractivity contribution in [3.63, 3.8) is 0 Å². The lowest BCUT2D eigenvalue weighted by Gasteiger charge is -2.00. The monoisotopic (exact) mass is 338 g/mol. The molecular formula is C18H16N3O2S+. The maximum Gasteiger partial charge on any atom is 0.226 e. The number of rotatable bonds is 6. The summed E-state index contributed by atoms with van der Waals surface area (Å²) >= 11 is 4.56. The average molecular weight is 338 g/mol. The summed E-state index contributed by atoms with van der Waals surface area (Å²) in [6, 6.07) is 11.6. The van der Waals surface area contributed by atoms with Gasteiger partial charge in [0.25, 0.3) is 0 Å². The van der Waals surface area contributed by atoms with Crippen molar-refractivity contribution in [2.75, 3.05) is 13.7 Å². The number of thiocarbonyl (C=S) groups is 1. The van der Waals surface area contributed by atoms with Gasteiger partial charge in [0.2, 0.25) is 5.89 Å². The van der Waals surface area contributed by atoms with E-state index in [1.54, 1.807) is 13.3 Å². The summed E-state index contributed by atoms with van der Waals surface area (Å²) in [5.74, 6) is 2.11. The van der Waals surface area contributed by atoms with E-state index < -0.39 is 0 Å². The summed E-state index contributed by atoms with van der Waals surface area (Å²) < 4.78 is 13.0. The summed E-state index contributed by atoms with van der Waals surface area (Å²) in [6.45, 7) is 1.38. The Morgan fingerprint density at radius 1 is 1.17 bits per heavy atom. The van der Waals surface area contributed by atoms with Gasteiger partial charge in [-0.2, -0.15) is 0 Å². The summed E-state index contributed by atoms with van der Waals surface area (Å²) in [7, 11) is 1.64. The van der Waals surface area contributed by atoms with Crippen LogP contribution in [0.1, 0.15) is 0 Å². The fourth-order valence-corrected chi connectivity index (χ4v) is 2.35. The fraction of sp³-hybridized carbons (Fsp3) is 0.167. The SMILES string of the molecule is COc1ccc(-c2ncc(-c3cc[n+](CCN=C=S)cc3)o2)cc1. The minimum Gasteiger partial charge on any atom is -0.497 e. The van der Waals surface area contributed by atoms with Gasteiger partial charge in [-0.1, -0.05) is 0 Å². The zero-order chi connectivity index (χ0) is 16.8. The van der Waals surface area contributed by atoms with Gasteiger partial charge in [0.1, 0.15) is 12.3 Å². The summed E-state index contributed by atoms with van der Waals surface area (Å²) in [6.07, 6.45) is 5.68. The maximum absolute atomic E-state index is 5.86. The van der Waals surface area contributed by atoms with Crippen LogP contribution in [0.2, 0.25) is 0 Å². The number of nitrogens with zero attached hydrogens (tertiary/aromatic N) is 3. The molecule has 0 spiro atoms. The third-order valence-electron chi connectivity index (χ3n) is 3.55. The van der Waals surface area contributed by atoms with Gasteiger partial charge in [-0.3, -0.25) is 0 Å². The first-order chi connectivity index (χ1) is 11.8. The number of hydrogen-bond donors (Lipinski definition) is 0. The predicted octanol–water partition coefficient (Wildman–Crippen LogP) is 3.41. The summed E-state index contributed by atoms with van der Waals surface area (Å²) in [5.41, 5.74) is 1.88. The first-order valence-corrected chi connectivity index (χ1v) is 7.84. The second-order valence-electron chi connectivity index (χ2n) is 5.06. The molecule has 0 amide bonds. The molecule has 0 aliphatic heterocycles. The summed E-state index contributed by atoms with van der Waals surface area (Å²) in [5, 5.41) is 2.36. The molecule has 0 aliphatic carbocycles. The van der Waals surface area contributed by atoms with Crippen LogP contribution in [0.25, 0.3) is 22.8 Å². The normalized spacial score (nSPS) is 10.2. The number of benzene rings is 1. The van der Waals surface area contributed by atoms with Gasteiger partial charge in [-0.25, -0.2) is 14.5 Å². The number of aliphatic imine (C=N–C) groups is 1. The molecule has 0 radical (unpaired) electrons. The molecule has 5 nitrogen and oxygen atoms in total. The zero-order valence-corrected chi connectivity index (χ0v) is 14.0. The molecule has 0 unspecified atom stereocenters. The van der Waals surface area contributed by atoms with Crippen LogP contribution >= 0.6 is 12.2 Å². The highest BCUT2D eigenvalue weighted by atomic mass is 32.1. The Bertz CT molecular complexity index is 851. The lowest BCUT2D eigenvalue weighted by molar-refractivity contribution is -0.694. The molecule has 2 aromatic heterocycles. The molecule has 6 heteroatoms. The van der Waals surface area contributed by atoms with Gasteiger partial charge in [-0.05, 0) is 36.5 Å². The van der Waals surface area contributed by atoms with E-state index in [1.807, 2.05) is 53.4 Å². The van der Waals surface area contributed by atoms with Crippen molar-refractivity contribution < 1.29 is 13.7 Å². The van der Waals surface area contributed by atoms with Gasteiger partial charge < -0.3 is 9.15 Å². The second kappa shape index (κ2) is 7.64. The standard InChI is InChI=1S/C18H16N3O2S/c1-22-16-4-2-15(3-5-16)18-20-12-17(23-18)14-6-9-21(10-7-14)11-8-19-13-24/h2-7,9-10,12H,8,11H2,1H3/q+1. The first kappa shape index (κ1) is 16.1. The van der Waals surface area contributed by atoms with E-state index >= 15 is 0 Å². The van der Waals surface area contributed by atoms with Crippen molar-refractivity contribution in [2.45, 2.75) is 6.54 Å². The van der Waals surface area contributed by atoms with Crippen LogP contribution in [0.5, 0.6) is 5.75 Å². The van der Waals surface area contributed by atoms with Crippen molar-refractivity contribution in [3.8, 4) is 28.5 Å². The Hall–Kier alpha value is -2.82. The number of pyridine rings is 1. The molecule has 2 heterocycles. The van der Waals surface area contributed by atoms with E-state index in [4.69, 9.17) is 9.15 Å². The van der Waals surface area contributed by atoms with Crippen molar-refractivity contribution in [3.05, 3.63) is 55.0 Å². The Morgan fingerprint density at radius 3 is 2.58 bits per heavy atom. The topological polar surface area (TPSA) is 51.5 Å². The average Bonchev–Trinajstić information content (AvgIpc) is 3.13. The molecular weight excluding hydrogens is 322 g/mol. The molecule has 0 N–H and O–H groups in total. The van der Waals surface area contributed by atoms with Crippen LogP contribution in [0.4, 0.5) is 0 Å². The van der Waals surface area contributed by atoms with Gasteiger partial charge in [0, 0.05) is 23.3 Å². The minimum atomic E-state index is 0.583. The van der Waals surface area contributed by atoms with Crippen LogP contribution in [0, 0.1) is 0 Å². The number of methoxy groups -OCH3 is 1. The van der Waals surface area contributed by atoms with E-state index in [1.165, 1.54) is 0 Å². The third kappa shape index (κ3) is 3.74. The van der Waals surface area contributed by atoms with E-state index in [2.05, 4.69) is 27.4 Å². The Balaban J connectivity index is 1.75. The van der Waals surface area contributed by atoms with E-state index in [9.17, 15) is 0 Å². The van der Waals surface area contributed by atoms with E-state index in [0.29, 0.717) is 12.4 Å². The summed E-state index contributed by atoms with van der Waals surface area (Å²) in [4.78, 5) is 8.26. The van der Waals surface area contributed by atoms with Crippen LogP contribution in [0.3, 0.4) is 0 Å². The molecule has 0 fully saturated rings. The highest BCUT2D eigenvalue weighted by molar-refractivity contribution is 7.78. The molecule has 120 valence electrons. The highest BCUT2D eigenvalue weighted by Crippen LogP contribution is 2.26. The third-order valence-corrected chi connectivity index (χ3v) is 3.68. The van der Waals surface area contributed by atoms with Gasteiger partial charge in [0.15, 0.2) is 24.7 Å². The molecule has 24 heavy (non-hydrogen) atoms. The van der Waals surface area contributed by atoms with Crippen LogP contribution in [-0.4, -0.2) is 23.8 Å². The highest BCUT2D eigenvalue weighted by Gasteiger charge is 2.10. The van der Waals surface area contributed by atoms with Crippen LogP contribution in [-0.2, 0) is 6.54 Å². The largest absolute Gasteiger partial charge is 0.497 e. The molecule has 0 bridgehead atoms. The van der Waals surface area contributed by atoms with Crippen LogP contribution < -0.4 is 9.30 Å². The molecule has 0 saturated carbocycles. The Kier molecular flexibility index (Phi) is 5.11.